The summed E-state index contributed by atoms with van der Waals surface area (Å²) in [7, 11) is 3.93. The van der Waals surface area contributed by atoms with Gasteiger partial charge in [-0.25, -0.2) is 4.79 Å². The van der Waals surface area contributed by atoms with Gasteiger partial charge in [0.25, 0.3) is 0 Å². The molecule has 1 aliphatic heterocycles. The smallest absolute Gasteiger partial charge is 0.282 e. The topological polar surface area (TPSA) is 47.4 Å². The molecule has 1 rings (SSSR count). The van der Waals surface area contributed by atoms with Crippen LogP contribution in [0.2, 0.25) is 0 Å². The van der Waals surface area contributed by atoms with E-state index >= 15 is 0 Å². The Kier molecular flexibility index (Phi) is 3.04. The summed E-state index contributed by atoms with van der Waals surface area (Å²) >= 11 is 0. The molecule has 13 heavy (non-hydrogen) atoms. The van der Waals surface area contributed by atoms with Crippen molar-refractivity contribution in [3.05, 3.63) is 11.8 Å². The molecule has 4 nitrogen and oxygen atoms in total. The van der Waals surface area contributed by atoms with Crippen LogP contribution >= 0.6 is 9.39 Å². The molecule has 1 fully saturated rings. The number of hydrogen-bond acceptors (Lipinski definition) is 2. The molecule has 0 aliphatic carbocycles. The highest BCUT2D eigenvalue weighted by Crippen LogP contribution is 2.23. The number of allylic oxidation sites excluding steroid dienone is 1. The third-order valence-corrected chi connectivity index (χ3v) is 2.46. The molecule has 0 aromatic carbocycles. The lowest BCUT2D eigenvalue weighted by molar-refractivity contribution is 0.223. The zero-order valence-electron chi connectivity index (χ0n) is 7.87. The molecule has 0 aromatic heterocycles. The molecule has 1 N–H and O–H groups in total. The van der Waals surface area contributed by atoms with Crippen LogP contribution in [0.3, 0.4) is 0 Å². The van der Waals surface area contributed by atoms with Crippen molar-refractivity contribution in [3.63, 3.8) is 0 Å². The number of hydrogen-bond donors (Lipinski definition) is 1. The van der Waals surface area contributed by atoms with Crippen LogP contribution in [-0.2, 0) is 0 Å². The number of rotatable bonds is 2. The predicted molar refractivity (Wildman–Crippen MR) is 55.4 cm³/mol. The van der Waals surface area contributed by atoms with E-state index in [9.17, 15) is 4.79 Å². The van der Waals surface area contributed by atoms with Crippen LogP contribution in [0.1, 0.15) is 19.8 Å². The van der Waals surface area contributed by atoms with Gasteiger partial charge in [0.05, 0.1) is 5.70 Å². The second-order valence-corrected chi connectivity index (χ2v) is 3.45. The van der Waals surface area contributed by atoms with Crippen molar-refractivity contribution in [3.8, 4) is 0 Å². The van der Waals surface area contributed by atoms with Crippen molar-refractivity contribution in [2.75, 3.05) is 7.05 Å². The molecule has 1 atom stereocenters. The van der Waals surface area contributed by atoms with Crippen LogP contribution < -0.4 is 0 Å². The Bertz CT molecular complexity index is 275. The van der Waals surface area contributed by atoms with Gasteiger partial charge < -0.3 is 0 Å². The van der Waals surface area contributed by atoms with E-state index in [-0.39, 0.29) is 11.9 Å². The van der Waals surface area contributed by atoms with E-state index in [1.165, 1.54) is 9.57 Å². The molecule has 0 aromatic rings. The van der Waals surface area contributed by atoms with Crippen molar-refractivity contribution < 1.29 is 4.79 Å². The number of carbonyl (C=O) groups excluding carboxylic acids is 1. The lowest BCUT2D eigenvalue weighted by Gasteiger charge is -2.07. The fraction of sp³-hybridized carbons (Fsp3) is 0.500. The monoisotopic (exact) mass is 199 g/mol. The van der Waals surface area contributed by atoms with Gasteiger partial charge in [-0.3, -0.25) is 15.0 Å². The van der Waals surface area contributed by atoms with Crippen LogP contribution in [0.15, 0.2) is 11.8 Å². The first-order valence-electron chi connectivity index (χ1n) is 4.21. The minimum absolute atomic E-state index is 0.169. The minimum Gasteiger partial charge on any atom is -0.282 e. The summed E-state index contributed by atoms with van der Waals surface area (Å²) in [6.45, 7) is 2.06. The summed E-state index contributed by atoms with van der Waals surface area (Å²) in [5.41, 5.74) is 0.680. The maximum atomic E-state index is 11.3. The largest absolute Gasteiger partial charge is 0.332 e. The average molecular weight is 199 g/mol. The Labute approximate surface area is 80.4 Å². The maximum Gasteiger partial charge on any atom is 0.332 e. The molecule has 0 bridgehead atoms. The Morgan fingerprint density at radius 2 is 2.23 bits per heavy atom. The molecule has 0 radical (unpaired) electrons. The number of nitrogens with zero attached hydrogens (tertiary/aromatic N) is 2. The molecule has 1 heterocycles. The number of amides is 2. The highest BCUT2D eigenvalue weighted by atomic mass is 31.0. The first kappa shape index (κ1) is 10.2. The zero-order valence-corrected chi connectivity index (χ0v) is 9.03. The molecule has 2 amide bonds. The summed E-state index contributed by atoms with van der Waals surface area (Å²) in [5, 5.41) is 7.63. The van der Waals surface area contributed by atoms with E-state index in [4.69, 9.17) is 5.41 Å². The average Bonchev–Trinajstić information content (AvgIpc) is 2.30. The Morgan fingerprint density at radius 1 is 1.62 bits per heavy atom. The van der Waals surface area contributed by atoms with Gasteiger partial charge in [-0.1, -0.05) is 19.4 Å². The normalized spacial score (nSPS) is 20.7. The maximum absolute atomic E-state index is 11.3. The number of carbonyl (C=O) groups is 1. The predicted octanol–water partition coefficient (Wildman–Crippen LogP) is 1.81. The second kappa shape index (κ2) is 3.88. The summed E-state index contributed by atoms with van der Waals surface area (Å²) in [6.07, 6.45) is 3.83. The van der Waals surface area contributed by atoms with Gasteiger partial charge in [0.15, 0.2) is 5.84 Å². The van der Waals surface area contributed by atoms with Crippen LogP contribution in [0.25, 0.3) is 0 Å². The minimum atomic E-state index is -0.169. The van der Waals surface area contributed by atoms with Gasteiger partial charge in [0, 0.05) is 7.05 Å². The van der Waals surface area contributed by atoms with Gasteiger partial charge in [-0.05, 0) is 15.8 Å². The zero-order chi connectivity index (χ0) is 10.0. The van der Waals surface area contributed by atoms with E-state index in [2.05, 4.69) is 16.3 Å². The quantitative estimate of drug-likeness (QED) is 0.677. The van der Waals surface area contributed by atoms with E-state index in [1.807, 2.05) is 6.08 Å². The molecule has 0 saturated carbocycles. The second-order valence-electron chi connectivity index (χ2n) is 2.94. The fourth-order valence-corrected chi connectivity index (χ4v) is 1.52. The molecule has 1 saturated heterocycles. The van der Waals surface area contributed by atoms with Crippen LogP contribution in [0.4, 0.5) is 4.79 Å². The van der Waals surface area contributed by atoms with Crippen molar-refractivity contribution in [1.82, 2.24) is 9.57 Å². The van der Waals surface area contributed by atoms with Crippen molar-refractivity contribution >= 4 is 21.3 Å². The SMILES string of the molecule is CCC/C=C1\C(=N)N(C)C(=O)N1P. The van der Waals surface area contributed by atoms with Gasteiger partial charge in [0.1, 0.15) is 0 Å². The van der Waals surface area contributed by atoms with E-state index < -0.39 is 0 Å². The number of unbranched alkanes of at least 4 members (excludes halogenated alkanes) is 1. The van der Waals surface area contributed by atoms with Gasteiger partial charge in [-0.15, -0.1) is 0 Å². The standard InChI is InChI=1S/C8H14N3OP/c1-3-4-5-6-7(9)10(2)8(12)11(6)13/h5,9H,3-4,13H2,1-2H3/b6-5+,9-7?. The lowest BCUT2D eigenvalue weighted by atomic mass is 10.2. The number of amidine groups is 1. The molecule has 1 aliphatic rings. The Morgan fingerprint density at radius 3 is 2.62 bits per heavy atom. The first-order valence-corrected chi connectivity index (χ1v) is 4.72. The number of likely N-dealkylation sites (N-methyl/N-ethyl adjacent to an activating group) is 1. The van der Waals surface area contributed by atoms with Crippen molar-refractivity contribution in [2.45, 2.75) is 19.8 Å². The third-order valence-electron chi connectivity index (χ3n) is 1.96. The molecular formula is C8H14N3OP. The van der Waals surface area contributed by atoms with Crippen molar-refractivity contribution in [1.29, 1.82) is 5.41 Å². The van der Waals surface area contributed by atoms with E-state index in [1.54, 1.807) is 7.05 Å². The summed E-state index contributed by atoms with van der Waals surface area (Å²) in [6, 6.07) is -0.169. The summed E-state index contributed by atoms with van der Waals surface area (Å²) in [4.78, 5) is 12.7. The number of nitrogens with one attached hydrogen (secondary N) is 1. The third kappa shape index (κ3) is 1.73. The summed E-state index contributed by atoms with van der Waals surface area (Å²) < 4.78 is 1.43. The van der Waals surface area contributed by atoms with Crippen LogP contribution in [-0.4, -0.2) is 28.5 Å². The van der Waals surface area contributed by atoms with Crippen molar-refractivity contribution in [2.24, 2.45) is 0 Å². The van der Waals surface area contributed by atoms with Gasteiger partial charge >= 0.3 is 6.03 Å². The molecule has 0 spiro atoms. The molecular weight excluding hydrogens is 185 g/mol. The lowest BCUT2D eigenvalue weighted by Crippen LogP contribution is -2.24. The first-order chi connectivity index (χ1) is 6.09. The van der Waals surface area contributed by atoms with Gasteiger partial charge in [0.2, 0.25) is 0 Å². The Hall–Kier alpha value is -0.890. The Balaban J connectivity index is 2.87. The highest BCUT2D eigenvalue weighted by Gasteiger charge is 2.32. The van der Waals surface area contributed by atoms with Crippen LogP contribution in [0, 0.1) is 5.41 Å². The summed E-state index contributed by atoms with van der Waals surface area (Å²) in [5.74, 6) is 0.272. The highest BCUT2D eigenvalue weighted by molar-refractivity contribution is 7.15. The number of urea groups is 1. The molecule has 72 valence electrons. The molecule has 5 heteroatoms. The van der Waals surface area contributed by atoms with E-state index in [0.717, 1.165) is 12.8 Å². The van der Waals surface area contributed by atoms with E-state index in [0.29, 0.717) is 5.70 Å². The van der Waals surface area contributed by atoms with Crippen LogP contribution in [0.5, 0.6) is 0 Å². The molecule has 1 unspecified atom stereocenters. The van der Waals surface area contributed by atoms with Gasteiger partial charge in [-0.2, -0.15) is 0 Å². The fourth-order valence-electron chi connectivity index (χ4n) is 1.12.